The van der Waals surface area contributed by atoms with E-state index in [1.807, 2.05) is 6.07 Å². The third-order valence-corrected chi connectivity index (χ3v) is 3.35. The van der Waals surface area contributed by atoms with Gasteiger partial charge in [0, 0.05) is 12.6 Å². The summed E-state index contributed by atoms with van der Waals surface area (Å²) in [6.45, 7) is 2.75. The third kappa shape index (κ3) is 5.03. The molecule has 0 spiro atoms. The van der Waals surface area contributed by atoms with Crippen molar-refractivity contribution in [3.8, 4) is 0 Å². The summed E-state index contributed by atoms with van der Waals surface area (Å²) < 4.78 is 5.63. The zero-order valence-corrected chi connectivity index (χ0v) is 11.0. The van der Waals surface area contributed by atoms with Crippen molar-refractivity contribution in [3.63, 3.8) is 0 Å². The fourth-order valence-corrected chi connectivity index (χ4v) is 2.30. The molecular weight excluding hydrogens is 222 g/mol. The lowest BCUT2D eigenvalue weighted by atomic mass is 10.0. The minimum absolute atomic E-state index is 0.678. The predicted octanol–water partition coefficient (Wildman–Crippen LogP) is 3.25. The first-order valence-corrected chi connectivity index (χ1v) is 6.98. The molecule has 1 heterocycles. The maximum atomic E-state index is 5.63. The van der Waals surface area contributed by atoms with Gasteiger partial charge in [-0.1, -0.05) is 48.9 Å². The van der Waals surface area contributed by atoms with Crippen LogP contribution in [0.1, 0.15) is 31.2 Å². The van der Waals surface area contributed by atoms with Crippen molar-refractivity contribution in [2.45, 2.75) is 31.7 Å². The Morgan fingerprint density at radius 3 is 2.89 bits per heavy atom. The van der Waals surface area contributed by atoms with Crippen molar-refractivity contribution in [2.75, 3.05) is 19.8 Å². The third-order valence-electron chi connectivity index (χ3n) is 3.35. The highest BCUT2D eigenvalue weighted by atomic mass is 16.5. The number of ether oxygens (including phenoxy) is 1. The van der Waals surface area contributed by atoms with Crippen molar-refractivity contribution in [3.05, 3.63) is 42.0 Å². The molecule has 0 bridgehead atoms. The number of hydrogen-bond donors (Lipinski definition) is 1. The summed E-state index contributed by atoms with van der Waals surface area (Å²) in [7, 11) is 0. The van der Waals surface area contributed by atoms with Crippen LogP contribution in [-0.4, -0.2) is 25.8 Å². The Labute approximate surface area is 110 Å². The van der Waals surface area contributed by atoms with Crippen molar-refractivity contribution in [1.29, 1.82) is 0 Å². The molecular formula is C16H23NO. The summed E-state index contributed by atoms with van der Waals surface area (Å²) in [5, 5.41) is 3.54. The van der Waals surface area contributed by atoms with E-state index in [1.165, 1.54) is 31.4 Å². The van der Waals surface area contributed by atoms with E-state index in [1.54, 1.807) is 0 Å². The van der Waals surface area contributed by atoms with Gasteiger partial charge in [0.25, 0.3) is 0 Å². The summed E-state index contributed by atoms with van der Waals surface area (Å²) in [6, 6.07) is 11.0. The van der Waals surface area contributed by atoms with Gasteiger partial charge in [-0.25, -0.2) is 0 Å². The molecule has 0 amide bonds. The molecule has 0 aromatic heterocycles. The van der Waals surface area contributed by atoms with Crippen LogP contribution in [0.4, 0.5) is 0 Å². The maximum absolute atomic E-state index is 5.63. The fourth-order valence-electron chi connectivity index (χ4n) is 2.30. The van der Waals surface area contributed by atoms with E-state index in [9.17, 15) is 0 Å². The van der Waals surface area contributed by atoms with E-state index in [0.717, 1.165) is 13.0 Å². The van der Waals surface area contributed by atoms with Crippen LogP contribution in [-0.2, 0) is 4.74 Å². The topological polar surface area (TPSA) is 21.3 Å². The van der Waals surface area contributed by atoms with E-state index in [4.69, 9.17) is 4.74 Å². The minimum atomic E-state index is 0.678. The summed E-state index contributed by atoms with van der Waals surface area (Å²) >= 11 is 0. The lowest BCUT2D eigenvalue weighted by Crippen LogP contribution is -2.34. The molecule has 2 heteroatoms. The molecule has 1 N–H and O–H groups in total. The Morgan fingerprint density at radius 1 is 1.22 bits per heavy atom. The second-order valence-electron chi connectivity index (χ2n) is 4.82. The molecule has 1 aromatic carbocycles. The number of benzene rings is 1. The zero-order chi connectivity index (χ0) is 12.5. The highest BCUT2D eigenvalue weighted by Crippen LogP contribution is 2.09. The van der Waals surface area contributed by atoms with Gasteiger partial charge in [-0.05, 0) is 31.4 Å². The van der Waals surface area contributed by atoms with Crippen LogP contribution in [0.5, 0.6) is 0 Å². The van der Waals surface area contributed by atoms with Crippen LogP contribution in [0.25, 0.3) is 6.08 Å². The molecule has 0 aliphatic carbocycles. The SMILES string of the molecule is C(=Cc1ccccc1)COCCC1CCCCN1. The number of rotatable bonds is 6. The van der Waals surface area contributed by atoms with E-state index >= 15 is 0 Å². The Kier molecular flexibility index (Phi) is 5.97. The van der Waals surface area contributed by atoms with Crippen molar-refractivity contribution >= 4 is 6.08 Å². The van der Waals surface area contributed by atoms with Crippen molar-refractivity contribution in [1.82, 2.24) is 5.32 Å². The minimum Gasteiger partial charge on any atom is -0.377 e. The predicted molar refractivity (Wildman–Crippen MR) is 76.6 cm³/mol. The van der Waals surface area contributed by atoms with Crippen LogP contribution in [0.2, 0.25) is 0 Å². The van der Waals surface area contributed by atoms with Crippen LogP contribution in [0, 0.1) is 0 Å². The Bertz CT molecular complexity index is 341. The largest absolute Gasteiger partial charge is 0.377 e. The van der Waals surface area contributed by atoms with Crippen LogP contribution < -0.4 is 5.32 Å². The summed E-state index contributed by atoms with van der Waals surface area (Å²) in [5.74, 6) is 0. The molecule has 1 aromatic rings. The van der Waals surface area contributed by atoms with Gasteiger partial charge < -0.3 is 10.1 Å². The molecule has 0 saturated carbocycles. The molecule has 1 unspecified atom stereocenters. The maximum Gasteiger partial charge on any atom is 0.0650 e. The molecule has 18 heavy (non-hydrogen) atoms. The van der Waals surface area contributed by atoms with E-state index in [2.05, 4.69) is 41.7 Å². The summed E-state index contributed by atoms with van der Waals surface area (Å²) in [6.07, 6.45) is 9.34. The normalized spacial score (nSPS) is 20.3. The first-order chi connectivity index (χ1) is 8.95. The smallest absolute Gasteiger partial charge is 0.0650 e. The van der Waals surface area contributed by atoms with Crippen LogP contribution >= 0.6 is 0 Å². The zero-order valence-electron chi connectivity index (χ0n) is 11.0. The van der Waals surface area contributed by atoms with Gasteiger partial charge in [0.2, 0.25) is 0 Å². The molecule has 2 nitrogen and oxygen atoms in total. The number of nitrogens with one attached hydrogen (secondary N) is 1. The monoisotopic (exact) mass is 245 g/mol. The molecule has 1 saturated heterocycles. The van der Waals surface area contributed by atoms with Crippen molar-refractivity contribution in [2.24, 2.45) is 0 Å². The lowest BCUT2D eigenvalue weighted by Gasteiger charge is -2.23. The Balaban J connectivity index is 1.54. The number of piperidine rings is 1. The molecule has 1 fully saturated rings. The van der Waals surface area contributed by atoms with Crippen LogP contribution in [0.15, 0.2) is 36.4 Å². The van der Waals surface area contributed by atoms with Gasteiger partial charge >= 0.3 is 0 Å². The first-order valence-electron chi connectivity index (χ1n) is 6.98. The number of hydrogen-bond acceptors (Lipinski definition) is 2. The van der Waals surface area contributed by atoms with Crippen LogP contribution in [0.3, 0.4) is 0 Å². The van der Waals surface area contributed by atoms with Gasteiger partial charge in [0.05, 0.1) is 6.61 Å². The lowest BCUT2D eigenvalue weighted by molar-refractivity contribution is 0.146. The highest BCUT2D eigenvalue weighted by molar-refractivity contribution is 5.48. The molecule has 2 rings (SSSR count). The molecule has 1 atom stereocenters. The Hall–Kier alpha value is -1.12. The molecule has 1 aliphatic rings. The molecule has 0 radical (unpaired) electrons. The second-order valence-corrected chi connectivity index (χ2v) is 4.82. The van der Waals surface area contributed by atoms with Crippen molar-refractivity contribution < 1.29 is 4.74 Å². The average Bonchev–Trinajstić information content (AvgIpc) is 2.45. The van der Waals surface area contributed by atoms with E-state index < -0.39 is 0 Å². The van der Waals surface area contributed by atoms with Gasteiger partial charge in [-0.3, -0.25) is 0 Å². The Morgan fingerprint density at radius 2 is 2.11 bits per heavy atom. The first kappa shape index (κ1) is 13.3. The summed E-state index contributed by atoms with van der Waals surface area (Å²) in [4.78, 5) is 0. The quantitative estimate of drug-likeness (QED) is 0.777. The molecule has 98 valence electrons. The second kappa shape index (κ2) is 8.06. The molecule has 1 aliphatic heterocycles. The van der Waals surface area contributed by atoms with Gasteiger partial charge in [0.15, 0.2) is 0 Å². The fraction of sp³-hybridized carbons (Fsp3) is 0.500. The van der Waals surface area contributed by atoms with E-state index in [-0.39, 0.29) is 0 Å². The van der Waals surface area contributed by atoms with Gasteiger partial charge in [-0.15, -0.1) is 0 Å². The van der Waals surface area contributed by atoms with Gasteiger partial charge in [-0.2, -0.15) is 0 Å². The van der Waals surface area contributed by atoms with E-state index in [0.29, 0.717) is 12.6 Å². The van der Waals surface area contributed by atoms with Gasteiger partial charge in [0.1, 0.15) is 0 Å². The highest BCUT2D eigenvalue weighted by Gasteiger charge is 2.11. The summed E-state index contributed by atoms with van der Waals surface area (Å²) in [5.41, 5.74) is 1.23. The average molecular weight is 245 g/mol. The standard InChI is InChI=1S/C16H23NO/c1-2-7-15(8-3-1)9-6-13-18-14-11-16-10-4-5-12-17-16/h1-3,6-9,16-17H,4-5,10-14H2.